The second-order valence-electron chi connectivity index (χ2n) is 9.73. The van der Waals surface area contributed by atoms with Crippen molar-refractivity contribution in [1.82, 2.24) is 9.21 Å². The molecule has 2 aliphatic rings. The number of nitrogens with zero attached hydrogens (tertiary/aromatic N) is 2. The molecule has 2 aromatic carbocycles. The third-order valence-corrected chi connectivity index (χ3v) is 9.89. The summed E-state index contributed by atoms with van der Waals surface area (Å²) in [5, 5.41) is 0. The van der Waals surface area contributed by atoms with Crippen molar-refractivity contribution in [3.05, 3.63) is 58.1 Å². The van der Waals surface area contributed by atoms with E-state index >= 15 is 0 Å². The average Bonchev–Trinajstić information content (AvgIpc) is 3.32. The first-order valence-electron chi connectivity index (χ1n) is 12.2. The number of amides is 1. The van der Waals surface area contributed by atoms with Gasteiger partial charge in [0.15, 0.2) is 0 Å². The first kappa shape index (κ1) is 24.7. The Balaban J connectivity index is 1.48. The number of aryl methyl sites for hydroxylation is 2. The lowest BCUT2D eigenvalue weighted by Gasteiger charge is -2.35. The molecule has 2 aliphatic heterocycles. The van der Waals surface area contributed by atoms with Crippen LogP contribution in [-0.4, -0.2) is 50.3 Å². The Bertz CT molecular complexity index is 1160. The molecule has 0 saturated carbocycles. The van der Waals surface area contributed by atoms with E-state index in [4.69, 9.17) is 4.74 Å². The molecule has 2 aromatic rings. The van der Waals surface area contributed by atoms with Crippen LogP contribution in [0.5, 0.6) is 5.75 Å². The molecule has 0 N–H and O–H groups in total. The fourth-order valence-electron chi connectivity index (χ4n) is 5.50. The normalized spacial score (nSPS) is 20.0. The van der Waals surface area contributed by atoms with Crippen molar-refractivity contribution in [3.8, 4) is 5.75 Å². The van der Waals surface area contributed by atoms with Crippen LogP contribution >= 0.6 is 0 Å². The molecule has 0 spiro atoms. The van der Waals surface area contributed by atoms with Crippen LogP contribution in [0.2, 0.25) is 0 Å². The van der Waals surface area contributed by atoms with Crippen molar-refractivity contribution in [2.45, 2.75) is 64.3 Å². The third kappa shape index (κ3) is 4.48. The van der Waals surface area contributed by atoms with E-state index in [1.165, 1.54) is 0 Å². The predicted octanol–water partition coefficient (Wildman–Crippen LogP) is 4.69. The predicted molar refractivity (Wildman–Crippen MR) is 134 cm³/mol. The number of carbonyl (C=O) groups excluding carboxylic acids is 1. The molecule has 2 fully saturated rings. The summed E-state index contributed by atoms with van der Waals surface area (Å²) in [7, 11) is -1.95. The number of hydrogen-bond acceptors (Lipinski definition) is 4. The molecule has 2 heterocycles. The highest BCUT2D eigenvalue weighted by Crippen LogP contribution is 2.37. The topological polar surface area (TPSA) is 66.9 Å². The highest BCUT2D eigenvalue weighted by atomic mass is 32.2. The Morgan fingerprint density at radius 3 is 2.21 bits per heavy atom. The lowest BCUT2D eigenvalue weighted by Crippen LogP contribution is -2.44. The van der Waals surface area contributed by atoms with Crippen LogP contribution in [0.25, 0.3) is 0 Å². The molecule has 4 rings (SSSR count). The van der Waals surface area contributed by atoms with Gasteiger partial charge in [-0.15, -0.1) is 0 Å². The van der Waals surface area contributed by atoms with Crippen LogP contribution < -0.4 is 4.74 Å². The van der Waals surface area contributed by atoms with Crippen LogP contribution in [-0.2, 0) is 14.8 Å². The van der Waals surface area contributed by atoms with Crippen LogP contribution in [0.1, 0.15) is 59.5 Å². The largest absolute Gasteiger partial charge is 0.497 e. The molecule has 1 atom stereocenters. The molecule has 6 nitrogen and oxygen atoms in total. The maximum atomic E-state index is 13.6. The molecule has 1 unspecified atom stereocenters. The summed E-state index contributed by atoms with van der Waals surface area (Å²) < 4.78 is 34.1. The summed E-state index contributed by atoms with van der Waals surface area (Å²) in [6, 6.07) is 10.1. The van der Waals surface area contributed by atoms with Crippen LogP contribution in [0.15, 0.2) is 35.2 Å². The zero-order valence-electron chi connectivity index (χ0n) is 20.9. The van der Waals surface area contributed by atoms with E-state index in [0.29, 0.717) is 30.8 Å². The number of benzene rings is 2. The van der Waals surface area contributed by atoms with E-state index in [1.54, 1.807) is 11.4 Å². The number of sulfonamides is 1. The van der Waals surface area contributed by atoms with Crippen molar-refractivity contribution in [2.24, 2.45) is 5.92 Å². The molecular weight excluding hydrogens is 448 g/mol. The molecule has 0 aromatic heterocycles. The van der Waals surface area contributed by atoms with Gasteiger partial charge in [0.2, 0.25) is 15.9 Å². The third-order valence-electron chi connectivity index (χ3n) is 7.71. The van der Waals surface area contributed by atoms with Gasteiger partial charge in [-0.05, 0) is 93.3 Å². The minimum Gasteiger partial charge on any atom is -0.497 e. The summed E-state index contributed by atoms with van der Waals surface area (Å²) in [5.41, 5.74) is 4.72. The van der Waals surface area contributed by atoms with E-state index < -0.39 is 10.0 Å². The highest BCUT2D eigenvalue weighted by Gasteiger charge is 2.38. The van der Waals surface area contributed by atoms with Crippen molar-refractivity contribution < 1.29 is 17.9 Å². The zero-order valence-corrected chi connectivity index (χ0v) is 21.7. The number of carbonyl (C=O) groups is 1. The first-order chi connectivity index (χ1) is 16.1. The maximum absolute atomic E-state index is 13.6. The molecule has 0 aliphatic carbocycles. The number of rotatable bonds is 5. The van der Waals surface area contributed by atoms with Gasteiger partial charge >= 0.3 is 0 Å². The van der Waals surface area contributed by atoms with Crippen LogP contribution in [0.3, 0.4) is 0 Å². The Hall–Kier alpha value is -2.38. The van der Waals surface area contributed by atoms with Crippen molar-refractivity contribution >= 4 is 15.9 Å². The number of likely N-dealkylation sites (tertiary alicyclic amines) is 1. The first-order valence-corrected chi connectivity index (χ1v) is 13.6. The standard InChI is InChI=1S/C27H36N2O4S/c1-18-16-19(2)21(4)26(20(18)3)34(31,32)28-14-11-22(12-15-28)27(30)29-13-7-10-25(29)23-8-6-9-24(17-23)33-5/h6,8-9,16-17,22,25H,7,10-15H2,1-5H3. The number of hydrogen-bond donors (Lipinski definition) is 0. The second kappa shape index (κ2) is 9.70. The quantitative estimate of drug-likeness (QED) is 0.617. The van der Waals surface area contributed by atoms with E-state index in [0.717, 1.165) is 53.0 Å². The minimum atomic E-state index is -3.60. The number of piperidine rings is 1. The molecule has 0 radical (unpaired) electrons. The van der Waals surface area contributed by atoms with Crippen molar-refractivity contribution in [1.29, 1.82) is 0 Å². The van der Waals surface area contributed by atoms with Crippen molar-refractivity contribution in [3.63, 3.8) is 0 Å². The van der Waals surface area contributed by atoms with Gasteiger partial charge in [-0.3, -0.25) is 4.79 Å². The summed E-state index contributed by atoms with van der Waals surface area (Å²) in [4.78, 5) is 15.9. The highest BCUT2D eigenvalue weighted by molar-refractivity contribution is 7.89. The minimum absolute atomic E-state index is 0.0601. The van der Waals surface area contributed by atoms with Gasteiger partial charge in [0.25, 0.3) is 0 Å². The van der Waals surface area contributed by atoms with Gasteiger partial charge < -0.3 is 9.64 Å². The van der Waals surface area contributed by atoms with E-state index in [-0.39, 0.29) is 17.9 Å². The summed E-state index contributed by atoms with van der Waals surface area (Å²) in [5.74, 6) is 0.813. The second-order valence-corrected chi connectivity index (χ2v) is 11.6. The lowest BCUT2D eigenvalue weighted by molar-refractivity contribution is -0.137. The van der Waals surface area contributed by atoms with E-state index in [9.17, 15) is 13.2 Å². The Morgan fingerprint density at radius 2 is 1.59 bits per heavy atom. The summed E-state index contributed by atoms with van der Waals surface area (Å²) >= 11 is 0. The lowest BCUT2D eigenvalue weighted by atomic mass is 9.95. The van der Waals surface area contributed by atoms with Gasteiger partial charge in [0, 0.05) is 25.6 Å². The van der Waals surface area contributed by atoms with Crippen molar-refractivity contribution in [2.75, 3.05) is 26.7 Å². The SMILES string of the molecule is COc1cccc(C2CCCN2C(=O)C2CCN(S(=O)(=O)c3c(C)c(C)cc(C)c3C)CC2)c1. The molecular formula is C27H36N2O4S. The molecule has 34 heavy (non-hydrogen) atoms. The van der Waals surface area contributed by atoms with Gasteiger partial charge in [-0.2, -0.15) is 4.31 Å². The summed E-state index contributed by atoms with van der Waals surface area (Å²) in [6.45, 7) is 9.19. The van der Waals surface area contributed by atoms with Gasteiger partial charge in [0.1, 0.15) is 5.75 Å². The van der Waals surface area contributed by atoms with E-state index in [1.807, 2.05) is 56.9 Å². The smallest absolute Gasteiger partial charge is 0.243 e. The summed E-state index contributed by atoms with van der Waals surface area (Å²) in [6.07, 6.45) is 3.04. The fraction of sp³-hybridized carbons (Fsp3) is 0.519. The Morgan fingerprint density at radius 1 is 0.941 bits per heavy atom. The average molecular weight is 485 g/mol. The zero-order chi connectivity index (χ0) is 24.6. The number of ether oxygens (including phenoxy) is 1. The van der Waals surface area contributed by atoms with Gasteiger partial charge in [-0.1, -0.05) is 18.2 Å². The van der Waals surface area contributed by atoms with Crippen LogP contribution in [0.4, 0.5) is 0 Å². The van der Waals surface area contributed by atoms with Gasteiger partial charge in [-0.25, -0.2) is 8.42 Å². The van der Waals surface area contributed by atoms with E-state index in [2.05, 4.69) is 6.07 Å². The fourth-order valence-corrected chi connectivity index (χ4v) is 7.55. The maximum Gasteiger partial charge on any atom is 0.243 e. The molecule has 7 heteroatoms. The molecule has 2 saturated heterocycles. The van der Waals surface area contributed by atoms with Gasteiger partial charge in [0.05, 0.1) is 18.0 Å². The van der Waals surface area contributed by atoms with Crippen LogP contribution in [0, 0.1) is 33.6 Å². The molecule has 1 amide bonds. The number of methoxy groups -OCH3 is 1. The molecule has 184 valence electrons. The Labute approximate surface area is 204 Å². The molecule has 0 bridgehead atoms. The monoisotopic (exact) mass is 484 g/mol. The Kier molecular flexibility index (Phi) is 7.06.